The van der Waals surface area contributed by atoms with Crippen LogP contribution in [0.1, 0.15) is 16.7 Å². The first-order valence-electron chi connectivity index (χ1n) is 6.45. The number of benzene rings is 1. The number of aromatic nitrogens is 2. The summed E-state index contributed by atoms with van der Waals surface area (Å²) in [5.74, 6) is -0.511. The molecule has 0 bridgehead atoms. The van der Waals surface area contributed by atoms with E-state index in [0.717, 1.165) is 10.9 Å². The predicted molar refractivity (Wildman–Crippen MR) is 75.9 cm³/mol. The zero-order chi connectivity index (χ0) is 14.8. The van der Waals surface area contributed by atoms with Gasteiger partial charge in [0.1, 0.15) is 17.5 Å². The molecule has 5 heteroatoms. The Hall–Kier alpha value is -2.71. The summed E-state index contributed by atoms with van der Waals surface area (Å²) in [6, 6.07) is 10.2. The molecule has 1 N–H and O–H groups in total. The number of nitrogens with zero attached hydrogens (tertiary/aromatic N) is 3. The lowest BCUT2D eigenvalue weighted by Gasteiger charge is -2.07. The molecule has 0 fully saturated rings. The van der Waals surface area contributed by atoms with Crippen LogP contribution in [0.25, 0.3) is 11.0 Å². The number of fused-ring (bicyclic) bond motifs is 1. The number of nitriles is 1. The Balaban J connectivity index is 2.09. The first kappa shape index (κ1) is 13.3. The average Bonchev–Trinajstić information content (AvgIpc) is 2.87. The fraction of sp³-hybridized carbons (Fsp3) is 0.125. The monoisotopic (exact) mass is 281 g/mol. The second-order valence-corrected chi connectivity index (χ2v) is 4.71. The van der Waals surface area contributed by atoms with E-state index >= 15 is 0 Å². The summed E-state index contributed by atoms with van der Waals surface area (Å²) < 4.78 is 15.9. The van der Waals surface area contributed by atoms with E-state index < -0.39 is 5.82 Å². The van der Waals surface area contributed by atoms with Crippen molar-refractivity contribution in [3.63, 3.8) is 0 Å². The molecule has 2 aromatic heterocycles. The fourth-order valence-corrected chi connectivity index (χ4v) is 2.41. The lowest BCUT2D eigenvalue weighted by Crippen LogP contribution is -2.02. The number of hydrogen-bond acceptors (Lipinski definition) is 3. The molecular formula is C16H12FN3O. The Morgan fingerprint density at radius 2 is 2.10 bits per heavy atom. The Morgan fingerprint density at radius 1 is 1.24 bits per heavy atom. The van der Waals surface area contributed by atoms with Gasteiger partial charge in [-0.3, -0.25) is 0 Å². The van der Waals surface area contributed by atoms with E-state index in [4.69, 9.17) is 5.26 Å². The molecule has 0 saturated carbocycles. The number of rotatable bonds is 3. The van der Waals surface area contributed by atoms with Gasteiger partial charge in [0.05, 0.1) is 18.7 Å². The van der Waals surface area contributed by atoms with Crippen molar-refractivity contribution in [2.24, 2.45) is 0 Å². The van der Waals surface area contributed by atoms with E-state index in [1.165, 1.54) is 6.07 Å². The van der Waals surface area contributed by atoms with Crippen molar-refractivity contribution in [2.45, 2.75) is 13.2 Å². The second-order valence-electron chi connectivity index (χ2n) is 4.71. The number of halogens is 1. The Labute approximate surface area is 120 Å². The largest absolute Gasteiger partial charge is 0.392 e. The van der Waals surface area contributed by atoms with Crippen LogP contribution in [0.15, 0.2) is 42.7 Å². The first-order chi connectivity index (χ1) is 10.2. The van der Waals surface area contributed by atoms with Crippen molar-refractivity contribution in [2.75, 3.05) is 0 Å². The van der Waals surface area contributed by atoms with Crippen LogP contribution in [0.3, 0.4) is 0 Å². The molecule has 0 aliphatic carbocycles. The van der Waals surface area contributed by atoms with Crippen LogP contribution >= 0.6 is 0 Å². The quantitative estimate of drug-likeness (QED) is 0.802. The third kappa shape index (κ3) is 2.26. The summed E-state index contributed by atoms with van der Waals surface area (Å²) in [6.07, 6.45) is 3.41. The third-order valence-corrected chi connectivity index (χ3v) is 3.43. The molecule has 2 heterocycles. The topological polar surface area (TPSA) is 61.8 Å². The lowest BCUT2D eigenvalue weighted by atomic mass is 10.1. The van der Waals surface area contributed by atoms with Crippen molar-refractivity contribution in [3.8, 4) is 6.07 Å². The highest BCUT2D eigenvalue weighted by atomic mass is 19.1. The van der Waals surface area contributed by atoms with Gasteiger partial charge < -0.3 is 9.67 Å². The van der Waals surface area contributed by atoms with Crippen molar-refractivity contribution < 1.29 is 9.50 Å². The highest BCUT2D eigenvalue weighted by Gasteiger charge is 2.12. The van der Waals surface area contributed by atoms with Crippen molar-refractivity contribution in [1.82, 2.24) is 9.55 Å². The van der Waals surface area contributed by atoms with Crippen LogP contribution in [-0.4, -0.2) is 14.7 Å². The van der Waals surface area contributed by atoms with Gasteiger partial charge in [-0.2, -0.15) is 5.26 Å². The van der Waals surface area contributed by atoms with Crippen LogP contribution < -0.4 is 0 Å². The van der Waals surface area contributed by atoms with Gasteiger partial charge in [0.15, 0.2) is 0 Å². The molecule has 0 saturated heterocycles. The molecule has 3 rings (SSSR count). The highest BCUT2D eigenvalue weighted by Crippen LogP contribution is 2.22. The summed E-state index contributed by atoms with van der Waals surface area (Å²) in [7, 11) is 0. The van der Waals surface area contributed by atoms with Gasteiger partial charge in [-0.1, -0.05) is 12.1 Å². The van der Waals surface area contributed by atoms with Crippen molar-refractivity contribution in [3.05, 3.63) is 65.2 Å². The van der Waals surface area contributed by atoms with Crippen molar-refractivity contribution >= 4 is 11.0 Å². The van der Waals surface area contributed by atoms with Crippen LogP contribution in [0.4, 0.5) is 4.39 Å². The number of aliphatic hydroxyl groups excluding tert-OH is 1. The van der Waals surface area contributed by atoms with Gasteiger partial charge in [-0.05, 0) is 18.2 Å². The van der Waals surface area contributed by atoms with Gasteiger partial charge in [0.2, 0.25) is 0 Å². The molecule has 0 amide bonds. The molecule has 0 radical (unpaired) electrons. The smallest absolute Gasteiger partial charge is 0.145 e. The van der Waals surface area contributed by atoms with E-state index in [-0.39, 0.29) is 18.7 Å². The van der Waals surface area contributed by atoms with E-state index in [9.17, 15) is 9.50 Å². The standard InChI is InChI=1S/C16H12FN3O/c17-15-11(7-18)3-1-4-12(15)8-20-9-13(10-21)14-5-2-6-19-16(14)20/h1-6,9,21H,8,10H2. The van der Waals surface area contributed by atoms with Gasteiger partial charge >= 0.3 is 0 Å². The fourth-order valence-electron chi connectivity index (χ4n) is 2.41. The van der Waals surface area contributed by atoms with E-state index in [1.54, 1.807) is 35.2 Å². The van der Waals surface area contributed by atoms with Crippen molar-refractivity contribution in [1.29, 1.82) is 5.26 Å². The molecule has 104 valence electrons. The Kier molecular flexibility index (Phi) is 3.38. The van der Waals surface area contributed by atoms with Crippen LogP contribution in [0, 0.1) is 17.1 Å². The zero-order valence-electron chi connectivity index (χ0n) is 11.1. The van der Waals surface area contributed by atoms with E-state index in [0.29, 0.717) is 11.2 Å². The minimum absolute atomic E-state index is 0.0271. The summed E-state index contributed by atoms with van der Waals surface area (Å²) in [6.45, 7) is 0.158. The summed E-state index contributed by atoms with van der Waals surface area (Å²) in [4.78, 5) is 4.28. The summed E-state index contributed by atoms with van der Waals surface area (Å²) in [5, 5.41) is 19.1. The molecule has 0 unspecified atom stereocenters. The van der Waals surface area contributed by atoms with Crippen LogP contribution in [0.5, 0.6) is 0 Å². The Morgan fingerprint density at radius 3 is 2.86 bits per heavy atom. The maximum atomic E-state index is 14.1. The molecule has 0 atom stereocenters. The molecule has 0 aliphatic rings. The maximum absolute atomic E-state index is 14.1. The SMILES string of the molecule is N#Cc1cccc(Cn2cc(CO)c3cccnc32)c1F. The van der Waals surface area contributed by atoms with Gasteiger partial charge in [0, 0.05) is 28.9 Å². The van der Waals surface area contributed by atoms with Crippen LogP contribution in [-0.2, 0) is 13.2 Å². The average molecular weight is 281 g/mol. The number of hydrogen-bond donors (Lipinski definition) is 1. The molecule has 3 aromatic rings. The second kappa shape index (κ2) is 5.35. The zero-order valence-corrected chi connectivity index (χ0v) is 11.1. The lowest BCUT2D eigenvalue weighted by molar-refractivity contribution is 0.283. The molecule has 21 heavy (non-hydrogen) atoms. The molecule has 0 spiro atoms. The molecule has 0 aliphatic heterocycles. The van der Waals surface area contributed by atoms with Gasteiger partial charge in [-0.25, -0.2) is 9.37 Å². The van der Waals surface area contributed by atoms with Gasteiger partial charge in [0.25, 0.3) is 0 Å². The minimum Gasteiger partial charge on any atom is -0.392 e. The summed E-state index contributed by atoms with van der Waals surface area (Å²) >= 11 is 0. The first-order valence-corrected chi connectivity index (χ1v) is 6.45. The predicted octanol–water partition coefficient (Wildman–Crippen LogP) is 2.59. The maximum Gasteiger partial charge on any atom is 0.145 e. The number of pyridine rings is 1. The number of aliphatic hydroxyl groups is 1. The minimum atomic E-state index is -0.511. The third-order valence-electron chi connectivity index (χ3n) is 3.43. The van der Waals surface area contributed by atoms with Gasteiger partial charge in [-0.15, -0.1) is 0 Å². The van der Waals surface area contributed by atoms with Crippen LogP contribution in [0.2, 0.25) is 0 Å². The summed E-state index contributed by atoms with van der Waals surface area (Å²) in [5.41, 5.74) is 1.87. The highest BCUT2D eigenvalue weighted by molar-refractivity contribution is 5.80. The molecule has 1 aromatic carbocycles. The Bertz CT molecular complexity index is 848. The van der Waals surface area contributed by atoms with E-state index in [2.05, 4.69) is 4.98 Å². The van der Waals surface area contributed by atoms with E-state index in [1.807, 2.05) is 12.1 Å². The molecular weight excluding hydrogens is 269 g/mol. The molecule has 4 nitrogen and oxygen atoms in total. The normalized spacial score (nSPS) is 10.7.